The molecular formula is C19H25NO. The molecule has 0 radical (unpaired) electrons. The fourth-order valence-electron chi connectivity index (χ4n) is 2.27. The van der Waals surface area contributed by atoms with Crippen LogP contribution in [0.15, 0.2) is 42.5 Å². The van der Waals surface area contributed by atoms with Gasteiger partial charge in [-0.15, -0.1) is 0 Å². The lowest BCUT2D eigenvalue weighted by molar-refractivity contribution is 0.472. The van der Waals surface area contributed by atoms with Gasteiger partial charge in [-0.25, -0.2) is 0 Å². The van der Waals surface area contributed by atoms with Crippen molar-refractivity contribution in [2.45, 2.75) is 46.1 Å². The van der Waals surface area contributed by atoms with Gasteiger partial charge >= 0.3 is 0 Å². The van der Waals surface area contributed by atoms with Crippen LogP contribution in [0.25, 0.3) is 0 Å². The minimum absolute atomic E-state index is 0.199. The van der Waals surface area contributed by atoms with Gasteiger partial charge in [-0.3, -0.25) is 0 Å². The first-order chi connectivity index (χ1) is 9.96. The van der Waals surface area contributed by atoms with Gasteiger partial charge in [0.1, 0.15) is 11.5 Å². The lowest BCUT2D eigenvalue weighted by Gasteiger charge is -2.23. The number of aryl methyl sites for hydroxylation is 1. The van der Waals surface area contributed by atoms with Crippen LogP contribution in [0.1, 0.15) is 43.9 Å². The van der Waals surface area contributed by atoms with Crippen LogP contribution in [-0.4, -0.2) is 0 Å². The molecule has 0 bridgehead atoms. The molecule has 2 aromatic rings. The molecule has 0 atom stereocenters. The summed E-state index contributed by atoms with van der Waals surface area (Å²) < 4.78 is 5.98. The molecule has 2 rings (SSSR count). The van der Waals surface area contributed by atoms with E-state index in [-0.39, 0.29) is 5.41 Å². The molecule has 21 heavy (non-hydrogen) atoms. The summed E-state index contributed by atoms with van der Waals surface area (Å²) in [5.74, 6) is 1.69. The Kier molecular flexibility index (Phi) is 4.69. The molecule has 0 unspecified atom stereocenters. The van der Waals surface area contributed by atoms with Crippen molar-refractivity contribution in [2.24, 2.45) is 5.73 Å². The Labute approximate surface area is 127 Å². The van der Waals surface area contributed by atoms with E-state index in [4.69, 9.17) is 10.5 Å². The Morgan fingerprint density at radius 3 is 2.29 bits per heavy atom. The van der Waals surface area contributed by atoms with Crippen molar-refractivity contribution in [2.75, 3.05) is 0 Å². The van der Waals surface area contributed by atoms with Crippen LogP contribution in [0.2, 0.25) is 0 Å². The van der Waals surface area contributed by atoms with Crippen LogP contribution in [-0.2, 0) is 12.0 Å². The lowest BCUT2D eigenvalue weighted by Crippen LogP contribution is -2.14. The summed E-state index contributed by atoms with van der Waals surface area (Å²) in [6.07, 6.45) is 1.11. The summed E-state index contributed by atoms with van der Waals surface area (Å²) in [6, 6.07) is 14.5. The minimum atomic E-state index is 0.199. The van der Waals surface area contributed by atoms with E-state index in [1.807, 2.05) is 24.3 Å². The van der Waals surface area contributed by atoms with Crippen molar-refractivity contribution in [1.29, 1.82) is 0 Å². The molecule has 0 saturated heterocycles. The van der Waals surface area contributed by atoms with E-state index in [0.717, 1.165) is 23.5 Å². The summed E-state index contributed by atoms with van der Waals surface area (Å²) >= 11 is 0. The van der Waals surface area contributed by atoms with Crippen molar-refractivity contribution >= 4 is 0 Å². The molecule has 0 aliphatic rings. The van der Waals surface area contributed by atoms with E-state index in [2.05, 4.69) is 45.9 Å². The monoisotopic (exact) mass is 283 g/mol. The van der Waals surface area contributed by atoms with Gasteiger partial charge in [0.05, 0.1) is 0 Å². The summed E-state index contributed by atoms with van der Waals surface area (Å²) in [5, 5.41) is 0. The van der Waals surface area contributed by atoms with Crippen LogP contribution in [0.5, 0.6) is 11.5 Å². The maximum absolute atomic E-state index is 5.98. The second kappa shape index (κ2) is 6.31. The van der Waals surface area contributed by atoms with Crippen LogP contribution >= 0.6 is 0 Å². The summed E-state index contributed by atoms with van der Waals surface area (Å²) in [5.41, 5.74) is 9.56. The van der Waals surface area contributed by atoms with Crippen LogP contribution in [0.4, 0.5) is 0 Å². The van der Waals surface area contributed by atoms with Gasteiger partial charge in [-0.1, -0.05) is 50.6 Å². The van der Waals surface area contributed by atoms with Crippen LogP contribution in [0.3, 0.4) is 0 Å². The standard InChI is InChI=1S/C19H25NO/c1-5-19(3,4)16-7-9-17(10-8-16)21-18-11-6-14(2)12-15(18)13-20/h6-12H,5,13,20H2,1-4H3. The van der Waals surface area contributed by atoms with Gasteiger partial charge in [0.15, 0.2) is 0 Å². The second-order valence-corrected chi connectivity index (χ2v) is 6.18. The Morgan fingerprint density at radius 2 is 1.71 bits per heavy atom. The van der Waals surface area contributed by atoms with Crippen molar-refractivity contribution in [3.05, 3.63) is 59.2 Å². The molecule has 2 heteroatoms. The Hall–Kier alpha value is -1.80. The highest BCUT2D eigenvalue weighted by molar-refractivity contribution is 5.41. The largest absolute Gasteiger partial charge is 0.457 e. The first kappa shape index (κ1) is 15.6. The third-order valence-corrected chi connectivity index (χ3v) is 4.18. The number of hydrogen-bond donors (Lipinski definition) is 1. The zero-order chi connectivity index (χ0) is 15.5. The van der Waals surface area contributed by atoms with E-state index >= 15 is 0 Å². The molecule has 0 saturated carbocycles. The fraction of sp³-hybridized carbons (Fsp3) is 0.368. The summed E-state index contributed by atoms with van der Waals surface area (Å²) in [6.45, 7) is 9.28. The lowest BCUT2D eigenvalue weighted by atomic mass is 9.82. The third kappa shape index (κ3) is 3.64. The highest BCUT2D eigenvalue weighted by Crippen LogP contribution is 2.30. The Morgan fingerprint density at radius 1 is 1.05 bits per heavy atom. The van der Waals surface area contributed by atoms with Crippen LogP contribution in [0, 0.1) is 6.92 Å². The van der Waals surface area contributed by atoms with Crippen molar-refractivity contribution in [3.8, 4) is 11.5 Å². The number of hydrogen-bond acceptors (Lipinski definition) is 2. The highest BCUT2D eigenvalue weighted by Gasteiger charge is 2.17. The SMILES string of the molecule is CCC(C)(C)c1ccc(Oc2ccc(C)cc2CN)cc1. The van der Waals surface area contributed by atoms with Gasteiger partial charge in [-0.05, 0) is 42.5 Å². The fourth-order valence-corrected chi connectivity index (χ4v) is 2.27. The summed E-state index contributed by atoms with van der Waals surface area (Å²) in [4.78, 5) is 0. The quantitative estimate of drug-likeness (QED) is 0.844. The molecule has 2 nitrogen and oxygen atoms in total. The molecule has 0 aliphatic heterocycles. The topological polar surface area (TPSA) is 35.2 Å². The van der Waals surface area contributed by atoms with Crippen molar-refractivity contribution in [3.63, 3.8) is 0 Å². The molecule has 2 N–H and O–H groups in total. The average Bonchev–Trinajstić information content (AvgIpc) is 2.49. The third-order valence-electron chi connectivity index (χ3n) is 4.18. The number of benzene rings is 2. The number of ether oxygens (including phenoxy) is 1. The average molecular weight is 283 g/mol. The molecule has 2 aromatic carbocycles. The maximum atomic E-state index is 5.98. The van der Waals surface area contributed by atoms with Gasteiger partial charge in [-0.2, -0.15) is 0 Å². The molecule has 0 spiro atoms. The zero-order valence-electron chi connectivity index (χ0n) is 13.4. The molecular weight excluding hydrogens is 258 g/mol. The Bertz CT molecular complexity index is 599. The molecule has 0 fully saturated rings. The highest BCUT2D eigenvalue weighted by atomic mass is 16.5. The van der Waals surface area contributed by atoms with E-state index in [1.165, 1.54) is 11.1 Å². The van der Waals surface area contributed by atoms with Crippen molar-refractivity contribution < 1.29 is 4.74 Å². The predicted molar refractivity (Wildman–Crippen MR) is 88.9 cm³/mol. The maximum Gasteiger partial charge on any atom is 0.131 e. The minimum Gasteiger partial charge on any atom is -0.457 e. The molecule has 112 valence electrons. The first-order valence-electron chi connectivity index (χ1n) is 7.54. The van der Waals surface area contributed by atoms with Crippen LogP contribution < -0.4 is 10.5 Å². The van der Waals surface area contributed by atoms with E-state index in [0.29, 0.717) is 6.54 Å². The zero-order valence-corrected chi connectivity index (χ0v) is 13.4. The predicted octanol–water partition coefficient (Wildman–Crippen LogP) is 4.93. The smallest absolute Gasteiger partial charge is 0.131 e. The molecule has 0 aliphatic carbocycles. The number of rotatable bonds is 5. The van der Waals surface area contributed by atoms with E-state index in [9.17, 15) is 0 Å². The molecule has 0 heterocycles. The van der Waals surface area contributed by atoms with Gasteiger partial charge < -0.3 is 10.5 Å². The Balaban J connectivity index is 2.21. The summed E-state index contributed by atoms with van der Waals surface area (Å²) in [7, 11) is 0. The molecule has 0 aromatic heterocycles. The van der Waals surface area contributed by atoms with E-state index in [1.54, 1.807) is 0 Å². The normalized spacial score (nSPS) is 11.5. The second-order valence-electron chi connectivity index (χ2n) is 6.18. The van der Waals surface area contributed by atoms with E-state index < -0.39 is 0 Å². The van der Waals surface area contributed by atoms with Crippen molar-refractivity contribution in [1.82, 2.24) is 0 Å². The molecule has 0 amide bonds. The van der Waals surface area contributed by atoms with Gasteiger partial charge in [0.2, 0.25) is 0 Å². The van der Waals surface area contributed by atoms with Gasteiger partial charge in [0.25, 0.3) is 0 Å². The number of nitrogens with two attached hydrogens (primary N) is 1. The first-order valence-corrected chi connectivity index (χ1v) is 7.54. The van der Waals surface area contributed by atoms with Gasteiger partial charge in [0, 0.05) is 12.1 Å².